The normalized spacial score (nSPS) is 14.2. The minimum absolute atomic E-state index is 0.00978. The first kappa shape index (κ1) is 26.4. The average Bonchev–Trinajstić information content (AvgIpc) is 3.26. The average molecular weight is 504 g/mol. The highest BCUT2D eigenvalue weighted by atomic mass is 16.2. The van der Waals surface area contributed by atoms with Crippen molar-refractivity contribution in [1.82, 2.24) is 9.47 Å². The Morgan fingerprint density at radius 3 is 2.38 bits per heavy atom. The Bertz CT molecular complexity index is 1260. The quantitative estimate of drug-likeness (QED) is 0.212. The van der Waals surface area contributed by atoms with E-state index in [0.717, 1.165) is 54.5 Å². The van der Waals surface area contributed by atoms with E-state index >= 15 is 0 Å². The summed E-state index contributed by atoms with van der Waals surface area (Å²) in [6, 6.07) is 15.2. The van der Waals surface area contributed by atoms with E-state index in [9.17, 15) is 9.59 Å². The fourth-order valence-electron chi connectivity index (χ4n) is 4.95. The number of nitrogens with one attached hydrogen (secondary N) is 2. The van der Waals surface area contributed by atoms with Crippen molar-refractivity contribution < 1.29 is 9.59 Å². The minimum Gasteiger partial charge on any atom is -0.384 e. The summed E-state index contributed by atoms with van der Waals surface area (Å²) in [5.41, 5.74) is 20.8. The largest absolute Gasteiger partial charge is 0.384 e. The lowest BCUT2D eigenvalue weighted by Gasteiger charge is -2.32. The zero-order chi connectivity index (χ0) is 26.4. The second-order valence-electron chi connectivity index (χ2n) is 9.75. The summed E-state index contributed by atoms with van der Waals surface area (Å²) in [4.78, 5) is 27.6. The number of benzene rings is 2. The summed E-state index contributed by atoms with van der Waals surface area (Å²) in [6.45, 7) is 3.08. The number of carbonyl (C=O) groups is 2. The number of nitrogens with zero attached hydrogens (tertiary/aromatic N) is 2. The van der Waals surface area contributed by atoms with Crippen molar-refractivity contribution in [3.63, 3.8) is 0 Å². The van der Waals surface area contributed by atoms with Gasteiger partial charge < -0.3 is 32.0 Å². The van der Waals surface area contributed by atoms with Gasteiger partial charge in [0.2, 0.25) is 5.91 Å². The van der Waals surface area contributed by atoms with E-state index in [1.165, 1.54) is 0 Å². The summed E-state index contributed by atoms with van der Waals surface area (Å²) < 4.78 is 2.00. The van der Waals surface area contributed by atoms with Crippen LogP contribution in [-0.2, 0) is 11.3 Å². The molecule has 1 aliphatic heterocycles. The molecule has 2 heterocycles. The molecule has 2 aromatic carbocycles. The number of fused-ring (bicyclic) bond motifs is 1. The molecule has 4 rings (SSSR count). The maximum atomic E-state index is 13.7. The number of hydrogen-bond acceptors (Lipinski definition) is 5. The summed E-state index contributed by atoms with van der Waals surface area (Å²) in [5, 5.41) is 11.7. The lowest BCUT2D eigenvalue weighted by molar-refractivity contribution is -0.116. The SMILES string of the molecule is N=C(N)c1ccc2cc(C(=O)N3CCC(CCN)CC3)n(Cc3ccc(NC(=O)CCCN)cc3)c2c1. The van der Waals surface area contributed by atoms with E-state index in [-0.39, 0.29) is 17.6 Å². The zero-order valence-electron chi connectivity index (χ0n) is 21.2. The second kappa shape index (κ2) is 12.0. The van der Waals surface area contributed by atoms with Crippen molar-refractivity contribution in [2.24, 2.45) is 23.1 Å². The Kier molecular flexibility index (Phi) is 8.58. The maximum Gasteiger partial charge on any atom is 0.270 e. The van der Waals surface area contributed by atoms with Crippen molar-refractivity contribution in [2.45, 2.75) is 38.6 Å². The number of aromatic nitrogens is 1. The lowest BCUT2D eigenvalue weighted by atomic mass is 9.93. The van der Waals surface area contributed by atoms with Crippen LogP contribution in [0.25, 0.3) is 10.9 Å². The number of likely N-dealkylation sites (tertiary alicyclic amines) is 1. The van der Waals surface area contributed by atoms with Crippen LogP contribution in [0.15, 0.2) is 48.5 Å². The number of rotatable bonds is 10. The van der Waals surface area contributed by atoms with Gasteiger partial charge in [-0.2, -0.15) is 0 Å². The summed E-state index contributed by atoms with van der Waals surface area (Å²) in [5.74, 6) is 0.511. The van der Waals surface area contributed by atoms with Crippen molar-refractivity contribution in [3.8, 4) is 0 Å². The van der Waals surface area contributed by atoms with E-state index in [1.807, 2.05) is 58.0 Å². The van der Waals surface area contributed by atoms with Crippen LogP contribution in [0.4, 0.5) is 5.69 Å². The first-order chi connectivity index (χ1) is 17.9. The molecule has 1 fully saturated rings. The molecule has 0 radical (unpaired) electrons. The Labute approximate surface area is 217 Å². The van der Waals surface area contributed by atoms with Crippen molar-refractivity contribution >= 4 is 34.2 Å². The molecule has 2 amide bonds. The van der Waals surface area contributed by atoms with Gasteiger partial charge in [-0.3, -0.25) is 15.0 Å². The van der Waals surface area contributed by atoms with Gasteiger partial charge in [-0.15, -0.1) is 0 Å². The van der Waals surface area contributed by atoms with Gasteiger partial charge in [-0.25, -0.2) is 0 Å². The molecule has 1 aromatic heterocycles. The van der Waals surface area contributed by atoms with Crippen LogP contribution in [0.5, 0.6) is 0 Å². The van der Waals surface area contributed by atoms with E-state index in [1.54, 1.807) is 0 Å². The number of piperidine rings is 1. The summed E-state index contributed by atoms with van der Waals surface area (Å²) >= 11 is 0. The van der Waals surface area contributed by atoms with Gasteiger partial charge in [0.15, 0.2) is 0 Å². The maximum absolute atomic E-state index is 13.7. The van der Waals surface area contributed by atoms with Crippen LogP contribution in [0.3, 0.4) is 0 Å². The molecule has 8 N–H and O–H groups in total. The molecule has 196 valence electrons. The third-order valence-corrected chi connectivity index (χ3v) is 7.10. The molecule has 0 aliphatic carbocycles. The van der Waals surface area contributed by atoms with Gasteiger partial charge in [0.1, 0.15) is 11.5 Å². The van der Waals surface area contributed by atoms with Crippen molar-refractivity contribution in [3.05, 3.63) is 65.4 Å². The number of amides is 2. The van der Waals surface area contributed by atoms with Crippen molar-refractivity contribution in [1.29, 1.82) is 5.41 Å². The number of hydrogen-bond donors (Lipinski definition) is 5. The van der Waals surface area contributed by atoms with Crippen LogP contribution in [0.2, 0.25) is 0 Å². The molecule has 1 saturated heterocycles. The van der Waals surface area contributed by atoms with Crippen LogP contribution in [0.1, 0.15) is 53.7 Å². The Hall–Kier alpha value is -3.69. The Morgan fingerprint density at radius 2 is 1.73 bits per heavy atom. The smallest absolute Gasteiger partial charge is 0.270 e. The first-order valence-corrected chi connectivity index (χ1v) is 13.0. The molecule has 0 spiro atoms. The Balaban J connectivity index is 1.60. The molecule has 0 atom stereocenters. The van der Waals surface area contributed by atoms with Crippen LogP contribution < -0.4 is 22.5 Å². The highest BCUT2D eigenvalue weighted by Gasteiger charge is 2.26. The van der Waals surface area contributed by atoms with E-state index in [0.29, 0.717) is 49.7 Å². The first-order valence-electron chi connectivity index (χ1n) is 13.0. The highest BCUT2D eigenvalue weighted by Crippen LogP contribution is 2.27. The van der Waals surface area contributed by atoms with Gasteiger partial charge in [-0.1, -0.05) is 24.3 Å². The fourth-order valence-corrected chi connectivity index (χ4v) is 4.95. The minimum atomic E-state index is -0.0607. The van der Waals surface area contributed by atoms with Crippen LogP contribution in [0, 0.1) is 11.3 Å². The summed E-state index contributed by atoms with van der Waals surface area (Å²) in [6.07, 6.45) is 3.97. The van der Waals surface area contributed by atoms with Gasteiger partial charge in [0.25, 0.3) is 5.91 Å². The van der Waals surface area contributed by atoms with E-state index in [4.69, 9.17) is 22.6 Å². The molecule has 37 heavy (non-hydrogen) atoms. The lowest BCUT2D eigenvalue weighted by Crippen LogP contribution is -2.39. The molecule has 0 unspecified atom stereocenters. The van der Waals surface area contributed by atoms with Gasteiger partial charge >= 0.3 is 0 Å². The van der Waals surface area contributed by atoms with Gasteiger partial charge in [-0.05, 0) is 74.5 Å². The molecule has 9 heteroatoms. The predicted octanol–water partition coefficient (Wildman–Crippen LogP) is 2.85. The number of nitrogen functional groups attached to an aromatic ring is 1. The molecular weight excluding hydrogens is 466 g/mol. The zero-order valence-corrected chi connectivity index (χ0v) is 21.2. The third-order valence-electron chi connectivity index (χ3n) is 7.10. The standard InChI is InChI=1S/C28H37N7O2/c29-12-1-2-26(36)33-23-7-3-20(4-8-23)18-35-24-17-22(27(31)32)6-5-21(24)16-25(35)28(37)34-14-10-19(9-13-30)11-15-34/h3-8,16-17,19H,1-2,9-15,18,29-30H2,(H3,31,32)(H,33,36). The highest BCUT2D eigenvalue weighted by molar-refractivity contribution is 6.02. The molecular formula is C28H37N7O2. The third kappa shape index (κ3) is 6.36. The second-order valence-corrected chi connectivity index (χ2v) is 9.75. The molecule has 0 saturated carbocycles. The number of nitrogens with two attached hydrogens (primary N) is 3. The summed E-state index contributed by atoms with van der Waals surface area (Å²) in [7, 11) is 0. The van der Waals surface area contributed by atoms with Crippen LogP contribution in [-0.4, -0.2) is 53.3 Å². The van der Waals surface area contributed by atoms with Gasteiger partial charge in [0.05, 0.1) is 0 Å². The molecule has 1 aliphatic rings. The van der Waals surface area contributed by atoms with Crippen LogP contribution >= 0.6 is 0 Å². The molecule has 0 bridgehead atoms. The molecule has 9 nitrogen and oxygen atoms in total. The number of amidine groups is 1. The van der Waals surface area contributed by atoms with Gasteiger partial charge in [0, 0.05) is 48.2 Å². The van der Waals surface area contributed by atoms with Crippen molar-refractivity contribution in [2.75, 3.05) is 31.5 Å². The predicted molar refractivity (Wildman–Crippen MR) is 148 cm³/mol. The topological polar surface area (TPSA) is 156 Å². The number of carbonyl (C=O) groups excluding carboxylic acids is 2. The fraction of sp³-hybridized carbons (Fsp3) is 0.393. The monoisotopic (exact) mass is 503 g/mol. The number of anilines is 1. The molecule has 3 aromatic rings. The van der Waals surface area contributed by atoms with E-state index in [2.05, 4.69) is 5.32 Å². The Morgan fingerprint density at radius 1 is 1.00 bits per heavy atom. The van der Waals surface area contributed by atoms with E-state index < -0.39 is 0 Å².